The third kappa shape index (κ3) is 2.41. The van der Waals surface area contributed by atoms with E-state index in [1.807, 2.05) is 12.1 Å². The van der Waals surface area contributed by atoms with Gasteiger partial charge in [-0.15, -0.1) is 11.3 Å². The van der Waals surface area contributed by atoms with Crippen molar-refractivity contribution < 1.29 is 9.90 Å². The summed E-state index contributed by atoms with van der Waals surface area (Å²) < 4.78 is 0. The molecule has 3 rings (SSSR count). The molecule has 1 N–H and O–H groups in total. The summed E-state index contributed by atoms with van der Waals surface area (Å²) in [5.74, 6) is -0.903. The Labute approximate surface area is 121 Å². The Bertz CT molecular complexity index is 628. The van der Waals surface area contributed by atoms with Crippen LogP contribution in [0.2, 0.25) is 0 Å². The molecule has 1 saturated heterocycles. The van der Waals surface area contributed by atoms with Crippen LogP contribution in [0.3, 0.4) is 0 Å². The van der Waals surface area contributed by atoms with Crippen molar-refractivity contribution in [3.05, 3.63) is 34.8 Å². The second-order valence-corrected chi connectivity index (χ2v) is 5.98. The van der Waals surface area contributed by atoms with Crippen LogP contribution in [0.15, 0.2) is 24.3 Å². The predicted octanol–water partition coefficient (Wildman–Crippen LogP) is 3.42. The van der Waals surface area contributed by atoms with Crippen LogP contribution in [0, 0.1) is 6.92 Å². The first kappa shape index (κ1) is 13.1. The van der Waals surface area contributed by atoms with Crippen LogP contribution in [0.25, 0.3) is 10.6 Å². The summed E-state index contributed by atoms with van der Waals surface area (Å²) >= 11 is 1.23. The first-order valence-electron chi connectivity index (χ1n) is 6.71. The van der Waals surface area contributed by atoms with E-state index in [1.54, 1.807) is 6.92 Å². The van der Waals surface area contributed by atoms with Crippen molar-refractivity contribution in [1.29, 1.82) is 0 Å². The van der Waals surface area contributed by atoms with Crippen LogP contribution in [0.4, 0.5) is 5.69 Å². The van der Waals surface area contributed by atoms with Gasteiger partial charge in [0.2, 0.25) is 0 Å². The molecule has 104 valence electrons. The zero-order chi connectivity index (χ0) is 14.1. The minimum absolute atomic E-state index is 0.323. The van der Waals surface area contributed by atoms with Crippen molar-refractivity contribution in [1.82, 2.24) is 4.98 Å². The minimum atomic E-state index is -0.903. The molecule has 4 nitrogen and oxygen atoms in total. The molecule has 2 heterocycles. The molecule has 5 heteroatoms. The Kier molecular flexibility index (Phi) is 3.44. The molecule has 1 fully saturated rings. The van der Waals surface area contributed by atoms with Crippen LogP contribution < -0.4 is 4.90 Å². The van der Waals surface area contributed by atoms with E-state index in [0.717, 1.165) is 23.7 Å². The fourth-order valence-electron chi connectivity index (χ4n) is 2.51. The van der Waals surface area contributed by atoms with Gasteiger partial charge in [0.15, 0.2) is 0 Å². The van der Waals surface area contributed by atoms with Crippen molar-refractivity contribution in [2.24, 2.45) is 0 Å². The fraction of sp³-hybridized carbons (Fsp3) is 0.333. The van der Waals surface area contributed by atoms with Gasteiger partial charge in [0.05, 0.1) is 5.69 Å². The summed E-state index contributed by atoms with van der Waals surface area (Å²) in [6, 6.07) is 8.24. The lowest BCUT2D eigenvalue weighted by Gasteiger charge is -2.17. The highest BCUT2D eigenvalue weighted by Gasteiger charge is 2.16. The molecule has 1 aromatic carbocycles. The zero-order valence-corrected chi connectivity index (χ0v) is 12.1. The highest BCUT2D eigenvalue weighted by molar-refractivity contribution is 7.17. The smallest absolute Gasteiger partial charge is 0.347 e. The number of aromatic nitrogens is 1. The number of anilines is 1. The predicted molar refractivity (Wildman–Crippen MR) is 80.7 cm³/mol. The molecule has 20 heavy (non-hydrogen) atoms. The number of carbonyl (C=O) groups is 1. The summed E-state index contributed by atoms with van der Waals surface area (Å²) in [6.07, 6.45) is 2.52. The second kappa shape index (κ2) is 5.25. The SMILES string of the molecule is Cc1nc(-c2ccc(N3CCCC3)cc2)sc1C(=O)O. The van der Waals surface area contributed by atoms with Crippen molar-refractivity contribution in [2.45, 2.75) is 19.8 Å². The molecule has 0 amide bonds. The summed E-state index contributed by atoms with van der Waals surface area (Å²) in [6.45, 7) is 3.99. The van der Waals surface area contributed by atoms with Gasteiger partial charge in [-0.1, -0.05) is 0 Å². The molecule has 0 unspecified atom stereocenters. The molecule has 0 saturated carbocycles. The lowest BCUT2D eigenvalue weighted by Crippen LogP contribution is -2.17. The number of benzene rings is 1. The molecule has 0 radical (unpaired) electrons. The molecule has 0 bridgehead atoms. The highest BCUT2D eigenvalue weighted by atomic mass is 32.1. The van der Waals surface area contributed by atoms with E-state index in [4.69, 9.17) is 5.11 Å². The minimum Gasteiger partial charge on any atom is -0.477 e. The molecular weight excluding hydrogens is 272 g/mol. The average molecular weight is 288 g/mol. The Morgan fingerprint density at radius 1 is 1.25 bits per heavy atom. The first-order chi connectivity index (χ1) is 9.65. The fourth-order valence-corrected chi connectivity index (χ4v) is 3.42. The van der Waals surface area contributed by atoms with Gasteiger partial charge in [-0.25, -0.2) is 9.78 Å². The van der Waals surface area contributed by atoms with E-state index in [-0.39, 0.29) is 0 Å². The van der Waals surface area contributed by atoms with Crippen molar-refractivity contribution in [2.75, 3.05) is 18.0 Å². The normalized spacial score (nSPS) is 14.8. The standard InChI is InChI=1S/C15H16N2O2S/c1-10-13(15(18)19)20-14(16-10)11-4-6-12(7-5-11)17-8-2-3-9-17/h4-7H,2-3,8-9H2,1H3,(H,18,19). The van der Waals surface area contributed by atoms with Crippen LogP contribution in [0.5, 0.6) is 0 Å². The van der Waals surface area contributed by atoms with E-state index in [1.165, 1.54) is 29.9 Å². The molecular formula is C15H16N2O2S. The number of rotatable bonds is 3. The van der Waals surface area contributed by atoms with Crippen molar-refractivity contribution in [3.63, 3.8) is 0 Å². The molecule has 1 aliphatic rings. The number of carboxylic acid groups (broad SMARTS) is 1. The number of hydrogen-bond acceptors (Lipinski definition) is 4. The molecule has 0 atom stereocenters. The van der Waals surface area contributed by atoms with Gasteiger partial charge in [0.25, 0.3) is 0 Å². The monoisotopic (exact) mass is 288 g/mol. The lowest BCUT2D eigenvalue weighted by atomic mass is 10.2. The van der Waals surface area contributed by atoms with E-state index < -0.39 is 5.97 Å². The molecule has 1 aliphatic heterocycles. The van der Waals surface area contributed by atoms with E-state index in [9.17, 15) is 4.79 Å². The topological polar surface area (TPSA) is 53.4 Å². The number of aryl methyl sites for hydroxylation is 1. The summed E-state index contributed by atoms with van der Waals surface area (Å²) in [5, 5.41) is 9.85. The van der Waals surface area contributed by atoms with E-state index in [2.05, 4.69) is 22.0 Å². The lowest BCUT2D eigenvalue weighted by molar-refractivity contribution is 0.0701. The maximum Gasteiger partial charge on any atom is 0.347 e. The summed E-state index contributed by atoms with van der Waals surface area (Å²) in [4.78, 5) is 18.1. The number of nitrogens with zero attached hydrogens (tertiary/aromatic N) is 2. The van der Waals surface area contributed by atoms with Gasteiger partial charge < -0.3 is 10.0 Å². The van der Waals surface area contributed by atoms with Gasteiger partial charge >= 0.3 is 5.97 Å². The quantitative estimate of drug-likeness (QED) is 0.940. The van der Waals surface area contributed by atoms with Gasteiger partial charge in [0.1, 0.15) is 9.88 Å². The van der Waals surface area contributed by atoms with Crippen molar-refractivity contribution >= 4 is 23.0 Å². The number of carboxylic acids is 1. The number of aromatic carboxylic acids is 1. The third-order valence-corrected chi connectivity index (χ3v) is 4.77. The average Bonchev–Trinajstić information content (AvgIpc) is 3.08. The molecule has 0 aliphatic carbocycles. The molecule has 0 spiro atoms. The number of hydrogen-bond donors (Lipinski definition) is 1. The van der Waals surface area contributed by atoms with E-state index in [0.29, 0.717) is 10.6 Å². The Hall–Kier alpha value is -1.88. The summed E-state index contributed by atoms with van der Waals surface area (Å²) in [7, 11) is 0. The Morgan fingerprint density at radius 2 is 1.90 bits per heavy atom. The zero-order valence-electron chi connectivity index (χ0n) is 11.3. The van der Waals surface area contributed by atoms with Crippen LogP contribution in [0.1, 0.15) is 28.2 Å². The summed E-state index contributed by atoms with van der Waals surface area (Å²) in [5.41, 5.74) is 2.80. The van der Waals surface area contributed by atoms with Gasteiger partial charge in [-0.2, -0.15) is 0 Å². The van der Waals surface area contributed by atoms with Crippen LogP contribution >= 0.6 is 11.3 Å². The highest BCUT2D eigenvalue weighted by Crippen LogP contribution is 2.30. The van der Waals surface area contributed by atoms with Gasteiger partial charge in [-0.3, -0.25) is 0 Å². The maximum absolute atomic E-state index is 11.1. The largest absolute Gasteiger partial charge is 0.477 e. The second-order valence-electron chi connectivity index (χ2n) is 4.98. The van der Waals surface area contributed by atoms with Crippen LogP contribution in [-0.2, 0) is 0 Å². The number of thiazole rings is 1. The van der Waals surface area contributed by atoms with Crippen LogP contribution in [-0.4, -0.2) is 29.1 Å². The first-order valence-corrected chi connectivity index (χ1v) is 7.53. The Balaban J connectivity index is 1.87. The molecule has 2 aromatic rings. The van der Waals surface area contributed by atoms with Gasteiger partial charge in [-0.05, 0) is 44.0 Å². The van der Waals surface area contributed by atoms with Crippen molar-refractivity contribution in [3.8, 4) is 10.6 Å². The Morgan fingerprint density at radius 3 is 2.45 bits per heavy atom. The molecule has 1 aromatic heterocycles. The van der Waals surface area contributed by atoms with Gasteiger partial charge in [0, 0.05) is 24.3 Å². The third-order valence-electron chi connectivity index (χ3n) is 3.58. The maximum atomic E-state index is 11.1. The van der Waals surface area contributed by atoms with E-state index >= 15 is 0 Å².